The number of aldehydes is 1. The van der Waals surface area contributed by atoms with E-state index in [1.807, 2.05) is 6.07 Å². The molecule has 182 valence electrons. The Morgan fingerprint density at radius 2 is 1.79 bits per heavy atom. The van der Waals surface area contributed by atoms with Gasteiger partial charge in [-0.05, 0) is 62.4 Å². The summed E-state index contributed by atoms with van der Waals surface area (Å²) in [5, 5.41) is 7.00. The molecule has 7 heteroatoms. The molecule has 0 aromatic heterocycles. The van der Waals surface area contributed by atoms with E-state index in [9.17, 15) is 4.79 Å². The Kier molecular flexibility index (Phi) is 11.6. The molecule has 4 rings (SSSR count). The lowest BCUT2D eigenvalue weighted by atomic mass is 10.1. The lowest BCUT2D eigenvalue weighted by Gasteiger charge is -2.25. The van der Waals surface area contributed by atoms with Gasteiger partial charge in [0, 0.05) is 25.9 Å². The first-order chi connectivity index (χ1) is 16.1. The maximum absolute atomic E-state index is 11.3. The molecular weight excluding hydrogens is 452 g/mol. The normalized spacial score (nSPS) is 16.2. The van der Waals surface area contributed by atoms with Crippen LogP contribution in [-0.4, -0.2) is 55.8 Å². The number of anilines is 2. The third kappa shape index (κ3) is 7.67. The quantitative estimate of drug-likeness (QED) is 0.279. The highest BCUT2D eigenvalue weighted by molar-refractivity contribution is 7.98. The highest BCUT2D eigenvalue weighted by atomic mass is 32.2. The van der Waals surface area contributed by atoms with E-state index in [0.29, 0.717) is 6.61 Å². The van der Waals surface area contributed by atoms with E-state index in [-0.39, 0.29) is 5.41 Å². The Bertz CT molecular complexity index is 858. The van der Waals surface area contributed by atoms with Gasteiger partial charge in [0.2, 0.25) is 0 Å². The van der Waals surface area contributed by atoms with Crippen molar-refractivity contribution in [3.05, 3.63) is 42.5 Å². The van der Waals surface area contributed by atoms with Crippen molar-refractivity contribution in [1.82, 2.24) is 4.31 Å². The fraction of sp³-hybridized carbons (Fsp3) is 0.500. The number of thioether (sulfide) groups is 1. The number of unbranched alkanes of at least 4 members (excludes halogenated alkanes) is 1. The second-order valence-electron chi connectivity index (χ2n) is 8.17. The molecule has 2 aliphatic rings. The molecule has 1 aliphatic carbocycles. The molecule has 2 aromatic rings. The van der Waals surface area contributed by atoms with Crippen molar-refractivity contribution in [2.75, 3.05) is 45.0 Å². The lowest BCUT2D eigenvalue weighted by Crippen LogP contribution is -2.24. The second-order valence-corrected chi connectivity index (χ2v) is 10.3. The summed E-state index contributed by atoms with van der Waals surface area (Å²) < 4.78 is 8.39. The van der Waals surface area contributed by atoms with Gasteiger partial charge in [-0.1, -0.05) is 44.9 Å². The molecule has 0 spiro atoms. The topological polar surface area (TPSA) is 53.0 Å². The minimum Gasteiger partial charge on any atom is -0.491 e. The fourth-order valence-electron chi connectivity index (χ4n) is 3.22. The third-order valence-electron chi connectivity index (χ3n) is 5.65. The van der Waals surface area contributed by atoms with Gasteiger partial charge in [-0.15, -0.1) is 11.8 Å². The van der Waals surface area contributed by atoms with Crippen molar-refractivity contribution in [3.8, 4) is 5.75 Å². The van der Waals surface area contributed by atoms with Gasteiger partial charge in [-0.2, -0.15) is 0 Å². The SMILES string of the molecule is CCCC.CO.CSc1cc2c(cc1OCC1(C=O)CC1)SN(C)CCN2c1ccccc1. The van der Waals surface area contributed by atoms with Crippen LogP contribution >= 0.6 is 23.7 Å². The zero-order valence-corrected chi connectivity index (χ0v) is 22.2. The van der Waals surface area contributed by atoms with E-state index in [1.54, 1.807) is 23.7 Å². The van der Waals surface area contributed by atoms with E-state index in [4.69, 9.17) is 9.84 Å². The number of carbonyl (C=O) groups excluding carboxylic acids is 1. The summed E-state index contributed by atoms with van der Waals surface area (Å²) in [6, 6.07) is 14.9. The van der Waals surface area contributed by atoms with Crippen molar-refractivity contribution in [1.29, 1.82) is 0 Å². The molecule has 0 bridgehead atoms. The van der Waals surface area contributed by atoms with E-state index in [1.165, 1.54) is 29.1 Å². The number of fused-ring (bicyclic) bond motifs is 1. The van der Waals surface area contributed by atoms with Crippen LogP contribution in [0.25, 0.3) is 0 Å². The summed E-state index contributed by atoms with van der Waals surface area (Å²) in [5.74, 6) is 0.880. The van der Waals surface area contributed by atoms with Gasteiger partial charge < -0.3 is 19.5 Å². The van der Waals surface area contributed by atoms with Crippen molar-refractivity contribution in [3.63, 3.8) is 0 Å². The zero-order valence-electron chi connectivity index (χ0n) is 20.5. The highest BCUT2D eigenvalue weighted by Crippen LogP contribution is 2.47. The van der Waals surface area contributed by atoms with E-state index < -0.39 is 0 Å². The Labute approximate surface area is 208 Å². The van der Waals surface area contributed by atoms with Crippen molar-refractivity contribution in [2.24, 2.45) is 5.41 Å². The average molecular weight is 491 g/mol. The van der Waals surface area contributed by atoms with E-state index >= 15 is 0 Å². The average Bonchev–Trinajstić information content (AvgIpc) is 3.67. The predicted molar refractivity (Wildman–Crippen MR) is 142 cm³/mol. The van der Waals surface area contributed by atoms with Crippen LogP contribution < -0.4 is 9.64 Å². The number of rotatable bonds is 7. The van der Waals surface area contributed by atoms with E-state index in [2.05, 4.69) is 72.8 Å². The molecule has 2 aromatic carbocycles. The zero-order chi connectivity index (χ0) is 24.3. The first-order valence-corrected chi connectivity index (χ1v) is 13.5. The highest BCUT2D eigenvalue weighted by Gasteiger charge is 2.43. The number of aliphatic hydroxyl groups excluding tert-OH is 1. The lowest BCUT2D eigenvalue weighted by molar-refractivity contribution is -0.113. The van der Waals surface area contributed by atoms with Crippen molar-refractivity contribution in [2.45, 2.75) is 49.3 Å². The van der Waals surface area contributed by atoms with Crippen LogP contribution in [0.2, 0.25) is 0 Å². The molecule has 1 N–H and O–H groups in total. The number of nitrogens with zero attached hydrogens (tertiary/aromatic N) is 2. The number of ether oxygens (including phenoxy) is 1. The molecule has 33 heavy (non-hydrogen) atoms. The first-order valence-electron chi connectivity index (χ1n) is 11.5. The van der Waals surface area contributed by atoms with Crippen LogP contribution in [0.4, 0.5) is 11.4 Å². The monoisotopic (exact) mass is 490 g/mol. The van der Waals surface area contributed by atoms with Gasteiger partial charge in [-0.3, -0.25) is 0 Å². The van der Waals surface area contributed by atoms with Crippen LogP contribution in [0.15, 0.2) is 52.3 Å². The molecule has 1 saturated carbocycles. The minimum atomic E-state index is -0.248. The Hall–Kier alpha value is -1.67. The number of para-hydroxylation sites is 1. The summed E-state index contributed by atoms with van der Waals surface area (Å²) in [4.78, 5) is 16.0. The van der Waals surface area contributed by atoms with Gasteiger partial charge in [-0.25, -0.2) is 4.31 Å². The molecule has 0 unspecified atom stereocenters. The number of likely N-dealkylation sites (N-methyl/N-ethyl adjacent to an activating group) is 1. The van der Waals surface area contributed by atoms with Crippen molar-refractivity contribution < 1.29 is 14.6 Å². The standard InChI is InChI=1S/C21H24N2O2S2.C4H10.CH4O/c1-22-10-11-23(16-6-4-3-5-7-16)17-12-20(26-2)18(13-19(17)27-22)25-15-21(14-24)8-9-21;1-3-4-2;1-2/h3-7,12-14H,8-11,15H2,1-2H3;3-4H2,1-2H3;2H,1H3. The summed E-state index contributed by atoms with van der Waals surface area (Å²) >= 11 is 3.44. The van der Waals surface area contributed by atoms with Crippen LogP contribution in [-0.2, 0) is 4.79 Å². The maximum atomic E-state index is 11.3. The minimum absolute atomic E-state index is 0.248. The van der Waals surface area contributed by atoms with Gasteiger partial charge in [0.15, 0.2) is 0 Å². The Morgan fingerprint density at radius 3 is 2.33 bits per heavy atom. The largest absolute Gasteiger partial charge is 0.491 e. The summed E-state index contributed by atoms with van der Waals surface area (Å²) in [7, 11) is 3.12. The number of carbonyl (C=O) groups is 1. The first kappa shape index (κ1) is 27.6. The Morgan fingerprint density at radius 1 is 1.12 bits per heavy atom. The fourth-order valence-corrected chi connectivity index (χ4v) is 4.70. The molecule has 1 aliphatic heterocycles. The molecule has 0 amide bonds. The molecular formula is C26H38N2O3S2. The number of hydrogen-bond donors (Lipinski definition) is 1. The summed E-state index contributed by atoms with van der Waals surface area (Å²) in [5.41, 5.74) is 2.17. The maximum Gasteiger partial charge on any atom is 0.134 e. The molecule has 1 fully saturated rings. The molecule has 0 radical (unpaired) electrons. The smallest absolute Gasteiger partial charge is 0.134 e. The van der Waals surface area contributed by atoms with Gasteiger partial charge >= 0.3 is 0 Å². The molecule has 0 atom stereocenters. The van der Waals surface area contributed by atoms with Gasteiger partial charge in [0.25, 0.3) is 0 Å². The molecule has 1 heterocycles. The molecule has 0 saturated heterocycles. The third-order valence-corrected chi connectivity index (χ3v) is 7.43. The van der Waals surface area contributed by atoms with Crippen molar-refractivity contribution >= 4 is 41.4 Å². The van der Waals surface area contributed by atoms with Gasteiger partial charge in [0.05, 0.1) is 20.9 Å². The van der Waals surface area contributed by atoms with Crippen LogP contribution in [0, 0.1) is 5.41 Å². The van der Waals surface area contributed by atoms with E-state index in [0.717, 1.165) is 50.0 Å². The number of aliphatic hydroxyl groups is 1. The Balaban J connectivity index is 0.000000582. The molecule has 5 nitrogen and oxygen atoms in total. The number of hydrogen-bond acceptors (Lipinski definition) is 7. The summed E-state index contributed by atoms with van der Waals surface area (Å²) in [6.45, 7) is 6.74. The van der Waals surface area contributed by atoms with Crippen LogP contribution in [0.3, 0.4) is 0 Å². The van der Waals surface area contributed by atoms with Gasteiger partial charge in [0.1, 0.15) is 18.6 Å². The predicted octanol–water partition coefficient (Wildman–Crippen LogP) is 6.27. The second kappa shape index (κ2) is 13.9. The summed E-state index contributed by atoms with van der Waals surface area (Å²) in [6.07, 6.45) is 7.66. The van der Waals surface area contributed by atoms with Crippen LogP contribution in [0.5, 0.6) is 5.75 Å². The number of benzene rings is 2. The van der Waals surface area contributed by atoms with Crippen LogP contribution in [0.1, 0.15) is 39.5 Å².